The van der Waals surface area contributed by atoms with E-state index in [2.05, 4.69) is 5.10 Å². The van der Waals surface area contributed by atoms with Crippen LogP contribution in [-0.4, -0.2) is 15.6 Å². The normalized spacial score (nSPS) is 10.2. The van der Waals surface area contributed by atoms with Gasteiger partial charge in [-0.1, -0.05) is 23.7 Å². The molecule has 0 saturated carbocycles. The molecule has 0 fully saturated rings. The van der Waals surface area contributed by atoms with Gasteiger partial charge in [-0.3, -0.25) is 9.48 Å². The Kier molecular flexibility index (Phi) is 2.83. The van der Waals surface area contributed by atoms with Gasteiger partial charge in [-0.25, -0.2) is 0 Å². The highest BCUT2D eigenvalue weighted by molar-refractivity contribution is 6.33. The predicted octanol–water partition coefficient (Wildman–Crippen LogP) is 2.42. The largest absolute Gasteiger partial charge is 0.292 e. The molecule has 0 radical (unpaired) electrons. The molecular weight excluding hydrogens is 212 g/mol. The molecular formula is C11H9ClN2O. The lowest BCUT2D eigenvalue weighted by Gasteiger charge is -2.03. The third kappa shape index (κ3) is 2.25. The molecule has 2 rings (SSSR count). The predicted molar refractivity (Wildman–Crippen MR) is 58.0 cm³/mol. The SMILES string of the molecule is O=C(Cn1cccn1)c1ccccc1Cl. The van der Waals surface area contributed by atoms with Crippen molar-refractivity contribution in [3.8, 4) is 0 Å². The van der Waals surface area contributed by atoms with Crippen LogP contribution in [0.3, 0.4) is 0 Å². The Labute approximate surface area is 92.3 Å². The van der Waals surface area contributed by atoms with Gasteiger partial charge in [-0.05, 0) is 18.2 Å². The van der Waals surface area contributed by atoms with Crippen LogP contribution in [0, 0.1) is 0 Å². The fourth-order valence-electron chi connectivity index (χ4n) is 1.31. The minimum atomic E-state index is -0.0377. The lowest BCUT2D eigenvalue weighted by molar-refractivity contribution is 0.0968. The summed E-state index contributed by atoms with van der Waals surface area (Å²) >= 11 is 5.91. The van der Waals surface area contributed by atoms with Crippen molar-refractivity contribution in [2.24, 2.45) is 0 Å². The Morgan fingerprint density at radius 2 is 2.13 bits per heavy atom. The molecule has 0 aliphatic heterocycles. The quantitative estimate of drug-likeness (QED) is 0.745. The molecule has 76 valence electrons. The molecule has 0 unspecified atom stereocenters. The number of hydrogen-bond acceptors (Lipinski definition) is 2. The van der Waals surface area contributed by atoms with Gasteiger partial charge < -0.3 is 0 Å². The van der Waals surface area contributed by atoms with Crippen molar-refractivity contribution in [1.29, 1.82) is 0 Å². The average Bonchev–Trinajstić information content (AvgIpc) is 2.71. The zero-order chi connectivity index (χ0) is 10.7. The molecule has 1 aromatic heterocycles. The molecule has 2 aromatic rings. The van der Waals surface area contributed by atoms with Crippen molar-refractivity contribution >= 4 is 17.4 Å². The van der Waals surface area contributed by atoms with Gasteiger partial charge >= 0.3 is 0 Å². The Morgan fingerprint density at radius 3 is 2.80 bits per heavy atom. The number of rotatable bonds is 3. The van der Waals surface area contributed by atoms with Gasteiger partial charge in [0.15, 0.2) is 5.78 Å². The second-order valence-corrected chi connectivity index (χ2v) is 3.51. The number of Topliss-reactive ketones (excluding diaryl/α,β-unsaturated/α-hetero) is 1. The summed E-state index contributed by atoms with van der Waals surface area (Å²) in [5.41, 5.74) is 0.537. The van der Waals surface area contributed by atoms with Crippen molar-refractivity contribution in [2.45, 2.75) is 6.54 Å². The van der Waals surface area contributed by atoms with Crippen LogP contribution in [0.2, 0.25) is 5.02 Å². The summed E-state index contributed by atoms with van der Waals surface area (Å²) in [7, 11) is 0. The number of halogens is 1. The van der Waals surface area contributed by atoms with E-state index in [0.29, 0.717) is 10.6 Å². The van der Waals surface area contributed by atoms with E-state index in [9.17, 15) is 4.79 Å². The molecule has 0 amide bonds. The minimum Gasteiger partial charge on any atom is -0.292 e. The Morgan fingerprint density at radius 1 is 1.33 bits per heavy atom. The van der Waals surface area contributed by atoms with E-state index in [-0.39, 0.29) is 12.3 Å². The molecule has 0 aliphatic carbocycles. The summed E-state index contributed by atoms with van der Waals surface area (Å²) < 4.78 is 1.58. The maximum absolute atomic E-state index is 11.8. The van der Waals surface area contributed by atoms with Crippen LogP contribution in [0.4, 0.5) is 0 Å². The maximum atomic E-state index is 11.8. The van der Waals surface area contributed by atoms with Crippen LogP contribution in [0.15, 0.2) is 42.7 Å². The smallest absolute Gasteiger partial charge is 0.185 e. The summed E-state index contributed by atoms with van der Waals surface area (Å²) in [6.07, 6.45) is 3.38. The second-order valence-electron chi connectivity index (χ2n) is 3.11. The number of ketones is 1. The lowest BCUT2D eigenvalue weighted by atomic mass is 10.1. The van der Waals surface area contributed by atoms with Crippen molar-refractivity contribution in [3.05, 3.63) is 53.3 Å². The van der Waals surface area contributed by atoms with E-state index in [0.717, 1.165) is 0 Å². The van der Waals surface area contributed by atoms with Crippen molar-refractivity contribution in [1.82, 2.24) is 9.78 Å². The van der Waals surface area contributed by atoms with Crippen LogP contribution < -0.4 is 0 Å². The summed E-state index contributed by atoms with van der Waals surface area (Å²) in [6, 6.07) is 8.79. The Balaban J connectivity index is 2.19. The summed E-state index contributed by atoms with van der Waals surface area (Å²) in [5.74, 6) is -0.0377. The summed E-state index contributed by atoms with van der Waals surface area (Å²) in [6.45, 7) is 0.219. The first-order valence-corrected chi connectivity index (χ1v) is 4.90. The first-order valence-electron chi connectivity index (χ1n) is 4.52. The van der Waals surface area contributed by atoms with Gasteiger partial charge in [0, 0.05) is 18.0 Å². The van der Waals surface area contributed by atoms with E-state index >= 15 is 0 Å². The van der Waals surface area contributed by atoms with E-state index in [1.165, 1.54) is 0 Å². The van der Waals surface area contributed by atoms with Gasteiger partial charge in [0.1, 0.15) is 6.54 Å². The number of nitrogens with zero attached hydrogens (tertiary/aromatic N) is 2. The van der Waals surface area contributed by atoms with Gasteiger partial charge in [0.25, 0.3) is 0 Å². The third-order valence-corrected chi connectivity index (χ3v) is 2.37. The van der Waals surface area contributed by atoms with E-state index in [1.54, 1.807) is 47.4 Å². The van der Waals surface area contributed by atoms with Crippen molar-refractivity contribution < 1.29 is 4.79 Å². The van der Waals surface area contributed by atoms with E-state index < -0.39 is 0 Å². The molecule has 15 heavy (non-hydrogen) atoms. The van der Waals surface area contributed by atoms with Crippen LogP contribution in [0.1, 0.15) is 10.4 Å². The Bertz CT molecular complexity index is 465. The molecule has 0 aliphatic rings. The topological polar surface area (TPSA) is 34.9 Å². The molecule has 3 nitrogen and oxygen atoms in total. The summed E-state index contributed by atoms with van der Waals surface area (Å²) in [4.78, 5) is 11.8. The van der Waals surface area contributed by atoms with Gasteiger partial charge in [-0.2, -0.15) is 5.10 Å². The molecule has 0 bridgehead atoms. The van der Waals surface area contributed by atoms with Gasteiger partial charge in [-0.15, -0.1) is 0 Å². The standard InChI is InChI=1S/C11H9ClN2O/c12-10-5-2-1-4-9(10)11(15)8-14-7-3-6-13-14/h1-7H,8H2. The number of benzene rings is 1. The fraction of sp³-hybridized carbons (Fsp3) is 0.0909. The van der Waals surface area contributed by atoms with Crippen LogP contribution >= 0.6 is 11.6 Å². The molecule has 4 heteroatoms. The molecule has 0 N–H and O–H groups in total. The van der Waals surface area contributed by atoms with Crippen LogP contribution in [-0.2, 0) is 6.54 Å². The molecule has 0 spiro atoms. The van der Waals surface area contributed by atoms with Gasteiger partial charge in [0.2, 0.25) is 0 Å². The second kappa shape index (κ2) is 4.28. The molecule has 1 aromatic carbocycles. The zero-order valence-electron chi connectivity index (χ0n) is 7.93. The number of aromatic nitrogens is 2. The molecule has 0 saturated heterocycles. The zero-order valence-corrected chi connectivity index (χ0v) is 8.69. The fourth-order valence-corrected chi connectivity index (χ4v) is 1.55. The molecule has 0 atom stereocenters. The average molecular weight is 221 g/mol. The highest BCUT2D eigenvalue weighted by Crippen LogP contribution is 2.15. The number of carbonyl (C=O) groups excluding carboxylic acids is 1. The molecule has 1 heterocycles. The third-order valence-electron chi connectivity index (χ3n) is 2.04. The minimum absolute atomic E-state index is 0.0377. The van der Waals surface area contributed by atoms with Crippen molar-refractivity contribution in [3.63, 3.8) is 0 Å². The van der Waals surface area contributed by atoms with Gasteiger partial charge in [0.05, 0.1) is 5.02 Å². The number of hydrogen-bond donors (Lipinski definition) is 0. The van der Waals surface area contributed by atoms with Crippen LogP contribution in [0.5, 0.6) is 0 Å². The van der Waals surface area contributed by atoms with E-state index in [4.69, 9.17) is 11.6 Å². The number of carbonyl (C=O) groups is 1. The highest BCUT2D eigenvalue weighted by Gasteiger charge is 2.09. The van der Waals surface area contributed by atoms with E-state index in [1.807, 2.05) is 0 Å². The van der Waals surface area contributed by atoms with Crippen LogP contribution in [0.25, 0.3) is 0 Å². The summed E-state index contributed by atoms with van der Waals surface area (Å²) in [5, 5.41) is 4.45. The van der Waals surface area contributed by atoms with Crippen molar-refractivity contribution in [2.75, 3.05) is 0 Å². The first kappa shape index (κ1) is 9.93. The Hall–Kier alpha value is -1.61. The first-order chi connectivity index (χ1) is 7.27. The maximum Gasteiger partial charge on any atom is 0.185 e. The lowest BCUT2D eigenvalue weighted by Crippen LogP contribution is -2.11. The highest BCUT2D eigenvalue weighted by atomic mass is 35.5. The monoisotopic (exact) mass is 220 g/mol.